The number of furan rings is 1. The quantitative estimate of drug-likeness (QED) is 0.798. The summed E-state index contributed by atoms with van der Waals surface area (Å²) < 4.78 is 5.06. The van der Waals surface area contributed by atoms with Crippen LogP contribution in [0.1, 0.15) is 20.8 Å². The monoisotopic (exact) mass is 303 g/mol. The zero-order chi connectivity index (χ0) is 15.0. The smallest absolute Gasteiger partial charge is 0.346 e. The van der Waals surface area contributed by atoms with Crippen LogP contribution in [0.5, 0.6) is 0 Å². The van der Waals surface area contributed by atoms with Crippen molar-refractivity contribution in [2.45, 2.75) is 13.5 Å². The third-order valence-corrected chi connectivity index (χ3v) is 4.45. The second-order valence-electron chi connectivity index (χ2n) is 4.73. The molecule has 0 spiro atoms. The highest BCUT2D eigenvalue weighted by Gasteiger charge is 2.20. The Hall–Kier alpha value is -2.41. The molecular weight excluding hydrogens is 290 g/mol. The van der Waals surface area contributed by atoms with Crippen LogP contribution in [0.25, 0.3) is 10.2 Å². The van der Waals surface area contributed by atoms with E-state index in [4.69, 9.17) is 4.42 Å². The van der Waals surface area contributed by atoms with Gasteiger partial charge < -0.3 is 14.4 Å². The number of fused-ring (bicyclic) bond motifs is 1. The van der Waals surface area contributed by atoms with Gasteiger partial charge in [-0.25, -0.2) is 14.8 Å². The molecule has 0 amide bonds. The molecule has 0 aliphatic carbocycles. The van der Waals surface area contributed by atoms with E-state index in [9.17, 15) is 9.90 Å². The molecule has 0 unspecified atom stereocenters. The minimum Gasteiger partial charge on any atom is -0.477 e. The maximum atomic E-state index is 11.3. The third-order valence-electron chi connectivity index (χ3n) is 3.26. The molecule has 0 aliphatic rings. The van der Waals surface area contributed by atoms with Crippen LogP contribution in [0.4, 0.5) is 5.82 Å². The number of aryl methyl sites for hydroxylation is 1. The summed E-state index contributed by atoms with van der Waals surface area (Å²) >= 11 is 1.18. The zero-order valence-corrected chi connectivity index (χ0v) is 12.3. The van der Waals surface area contributed by atoms with Gasteiger partial charge in [-0.3, -0.25) is 0 Å². The fourth-order valence-electron chi connectivity index (χ4n) is 2.28. The van der Waals surface area contributed by atoms with Gasteiger partial charge in [-0.1, -0.05) is 0 Å². The highest BCUT2D eigenvalue weighted by Crippen LogP contribution is 2.34. The Morgan fingerprint density at radius 2 is 2.29 bits per heavy atom. The van der Waals surface area contributed by atoms with Crippen molar-refractivity contribution in [1.29, 1.82) is 0 Å². The number of aromatic nitrogens is 2. The van der Waals surface area contributed by atoms with Crippen LogP contribution in [0.3, 0.4) is 0 Å². The lowest BCUT2D eigenvalue weighted by atomic mass is 10.2. The van der Waals surface area contributed by atoms with Gasteiger partial charge in [0.25, 0.3) is 0 Å². The van der Waals surface area contributed by atoms with E-state index < -0.39 is 5.97 Å². The molecule has 7 heteroatoms. The zero-order valence-electron chi connectivity index (χ0n) is 11.5. The van der Waals surface area contributed by atoms with Gasteiger partial charge in [0.15, 0.2) is 0 Å². The summed E-state index contributed by atoms with van der Waals surface area (Å²) in [5.74, 6) is -0.207. The molecule has 0 aliphatic heterocycles. The SMILES string of the molecule is Cc1c(C(=O)O)sc2ncnc(N(C)Cc3ccoc3)c12. The van der Waals surface area contributed by atoms with Gasteiger partial charge in [0.1, 0.15) is 21.9 Å². The van der Waals surface area contributed by atoms with Gasteiger partial charge in [-0.15, -0.1) is 11.3 Å². The van der Waals surface area contributed by atoms with E-state index in [1.54, 1.807) is 19.5 Å². The number of anilines is 1. The summed E-state index contributed by atoms with van der Waals surface area (Å²) in [6.45, 7) is 2.42. The fourth-order valence-corrected chi connectivity index (χ4v) is 3.26. The second kappa shape index (κ2) is 5.17. The lowest BCUT2D eigenvalue weighted by molar-refractivity contribution is 0.0701. The molecule has 0 saturated carbocycles. The molecule has 3 aromatic heterocycles. The number of rotatable bonds is 4. The van der Waals surface area contributed by atoms with Crippen LogP contribution in [-0.4, -0.2) is 28.1 Å². The first-order valence-corrected chi connectivity index (χ1v) is 7.09. The van der Waals surface area contributed by atoms with Crippen LogP contribution < -0.4 is 4.90 Å². The van der Waals surface area contributed by atoms with Gasteiger partial charge in [-0.2, -0.15) is 0 Å². The van der Waals surface area contributed by atoms with Crippen LogP contribution in [-0.2, 0) is 6.54 Å². The molecule has 0 aromatic carbocycles. The van der Waals surface area contributed by atoms with E-state index in [0.29, 0.717) is 21.8 Å². The van der Waals surface area contributed by atoms with Gasteiger partial charge >= 0.3 is 5.97 Å². The summed E-state index contributed by atoms with van der Waals surface area (Å²) in [6, 6.07) is 1.89. The largest absolute Gasteiger partial charge is 0.477 e. The summed E-state index contributed by atoms with van der Waals surface area (Å²) in [5.41, 5.74) is 1.73. The summed E-state index contributed by atoms with van der Waals surface area (Å²) in [5, 5.41) is 10.0. The molecule has 3 rings (SSSR count). The van der Waals surface area contributed by atoms with Crippen molar-refractivity contribution in [3.8, 4) is 0 Å². The number of thiophene rings is 1. The molecule has 0 radical (unpaired) electrons. The molecule has 0 atom stereocenters. The van der Waals surface area contributed by atoms with Gasteiger partial charge in [0.2, 0.25) is 0 Å². The highest BCUT2D eigenvalue weighted by molar-refractivity contribution is 7.20. The summed E-state index contributed by atoms with van der Waals surface area (Å²) in [4.78, 5) is 22.7. The predicted octanol–water partition coefficient (Wildman–Crippen LogP) is 2.93. The molecule has 6 nitrogen and oxygen atoms in total. The minimum absolute atomic E-state index is 0.309. The Morgan fingerprint density at radius 3 is 2.95 bits per heavy atom. The minimum atomic E-state index is -0.932. The molecule has 21 heavy (non-hydrogen) atoms. The molecule has 108 valence electrons. The maximum absolute atomic E-state index is 11.3. The Bertz CT molecular complexity index is 795. The first-order chi connectivity index (χ1) is 10.1. The molecule has 0 bridgehead atoms. The van der Waals surface area contributed by atoms with Crippen molar-refractivity contribution >= 4 is 33.3 Å². The molecule has 1 N–H and O–H groups in total. The van der Waals surface area contributed by atoms with Crippen molar-refractivity contribution in [2.75, 3.05) is 11.9 Å². The number of hydrogen-bond acceptors (Lipinski definition) is 6. The molecule has 3 aromatic rings. The van der Waals surface area contributed by atoms with Crippen LogP contribution >= 0.6 is 11.3 Å². The molecular formula is C14H13N3O3S. The van der Waals surface area contributed by atoms with E-state index in [1.165, 1.54) is 17.7 Å². The van der Waals surface area contributed by atoms with Crippen molar-refractivity contribution in [3.05, 3.63) is 40.9 Å². The summed E-state index contributed by atoms with van der Waals surface area (Å²) in [6.07, 6.45) is 4.76. The molecule has 0 saturated heterocycles. The van der Waals surface area contributed by atoms with Gasteiger partial charge in [0, 0.05) is 19.2 Å². The molecule has 0 fully saturated rings. The van der Waals surface area contributed by atoms with E-state index in [-0.39, 0.29) is 0 Å². The van der Waals surface area contributed by atoms with E-state index in [0.717, 1.165) is 16.8 Å². The predicted molar refractivity (Wildman–Crippen MR) is 79.9 cm³/mol. The highest BCUT2D eigenvalue weighted by atomic mass is 32.1. The third kappa shape index (κ3) is 2.36. The van der Waals surface area contributed by atoms with Crippen molar-refractivity contribution in [3.63, 3.8) is 0 Å². The average Bonchev–Trinajstić information content (AvgIpc) is 3.07. The van der Waals surface area contributed by atoms with Crippen molar-refractivity contribution < 1.29 is 14.3 Å². The number of nitrogens with zero attached hydrogens (tertiary/aromatic N) is 3. The van der Waals surface area contributed by atoms with Crippen molar-refractivity contribution in [2.24, 2.45) is 0 Å². The fraction of sp³-hybridized carbons (Fsp3) is 0.214. The average molecular weight is 303 g/mol. The Labute approximate surface area is 124 Å². The van der Waals surface area contributed by atoms with Crippen LogP contribution in [0.15, 0.2) is 29.3 Å². The first kappa shape index (κ1) is 13.6. The number of aromatic carboxylic acids is 1. The van der Waals surface area contributed by atoms with Crippen LogP contribution in [0.2, 0.25) is 0 Å². The molecule has 3 heterocycles. The number of carbonyl (C=O) groups is 1. The normalized spacial score (nSPS) is 11.0. The Kier molecular flexibility index (Phi) is 3.34. The topological polar surface area (TPSA) is 79.5 Å². The lowest BCUT2D eigenvalue weighted by Gasteiger charge is -2.18. The Balaban J connectivity index is 2.07. The number of carboxylic acids is 1. The number of hydrogen-bond donors (Lipinski definition) is 1. The number of carboxylic acid groups (broad SMARTS) is 1. The maximum Gasteiger partial charge on any atom is 0.346 e. The van der Waals surface area contributed by atoms with E-state index in [2.05, 4.69) is 9.97 Å². The van der Waals surface area contributed by atoms with Crippen LogP contribution in [0, 0.1) is 6.92 Å². The lowest BCUT2D eigenvalue weighted by Crippen LogP contribution is -2.17. The standard InChI is InChI=1S/C14H13N3O3S/c1-8-10-12(17(2)5-9-3-4-20-6-9)15-7-16-13(10)21-11(8)14(18)19/h3-4,6-7H,5H2,1-2H3,(H,18,19). The van der Waals surface area contributed by atoms with Gasteiger partial charge in [-0.05, 0) is 18.6 Å². The van der Waals surface area contributed by atoms with E-state index >= 15 is 0 Å². The summed E-state index contributed by atoms with van der Waals surface area (Å²) in [7, 11) is 1.91. The van der Waals surface area contributed by atoms with E-state index in [1.807, 2.05) is 18.0 Å². The first-order valence-electron chi connectivity index (χ1n) is 6.27. The van der Waals surface area contributed by atoms with Gasteiger partial charge in [0.05, 0.1) is 17.9 Å². The Morgan fingerprint density at radius 1 is 1.48 bits per heavy atom. The second-order valence-corrected chi connectivity index (χ2v) is 5.73. The van der Waals surface area contributed by atoms with Crippen molar-refractivity contribution in [1.82, 2.24) is 9.97 Å².